The maximum Gasteiger partial charge on any atom is 0.167 e. The Labute approximate surface area is 115 Å². The number of Topliss-reactive ketones (excluding diaryl/α,β-unsaturated/α-hetero) is 1. The zero-order valence-electron chi connectivity index (χ0n) is 10.4. The van der Waals surface area contributed by atoms with Gasteiger partial charge < -0.3 is 0 Å². The second-order valence-electron chi connectivity index (χ2n) is 4.39. The van der Waals surface area contributed by atoms with Crippen LogP contribution in [-0.4, -0.2) is 10.8 Å². The van der Waals surface area contributed by atoms with Crippen molar-refractivity contribution in [3.05, 3.63) is 63.4 Å². The molecule has 2 aromatic rings. The molecule has 0 aliphatic heterocycles. The molecule has 1 aromatic carbocycles. The van der Waals surface area contributed by atoms with Gasteiger partial charge in [0, 0.05) is 28.9 Å². The van der Waals surface area contributed by atoms with E-state index in [1.165, 1.54) is 0 Å². The Morgan fingerprint density at radius 3 is 2.50 bits per heavy atom. The van der Waals surface area contributed by atoms with Crippen LogP contribution in [0, 0.1) is 13.8 Å². The van der Waals surface area contributed by atoms with Gasteiger partial charge in [-0.3, -0.25) is 9.78 Å². The molecule has 2 rings (SSSR count). The van der Waals surface area contributed by atoms with Crippen LogP contribution in [0.2, 0.25) is 0 Å². The Hall–Kier alpha value is -1.48. The molecule has 0 spiro atoms. The number of rotatable bonds is 3. The average Bonchev–Trinajstić information content (AvgIpc) is 2.36. The minimum atomic E-state index is 0.127. The predicted molar refractivity (Wildman–Crippen MR) is 75.9 cm³/mol. The molecular formula is C15H14BrNO. The van der Waals surface area contributed by atoms with E-state index in [0.717, 1.165) is 26.7 Å². The van der Waals surface area contributed by atoms with Gasteiger partial charge in [0.2, 0.25) is 0 Å². The molecule has 0 unspecified atom stereocenters. The summed E-state index contributed by atoms with van der Waals surface area (Å²) in [7, 11) is 0. The molecule has 1 heterocycles. The molecule has 2 nitrogen and oxygen atoms in total. The molecule has 0 fully saturated rings. The van der Waals surface area contributed by atoms with Gasteiger partial charge in [-0.05, 0) is 48.7 Å². The minimum absolute atomic E-state index is 0.127. The van der Waals surface area contributed by atoms with E-state index in [4.69, 9.17) is 0 Å². The molecule has 92 valence electrons. The number of halogens is 1. The van der Waals surface area contributed by atoms with Gasteiger partial charge in [0.1, 0.15) is 0 Å². The first-order valence-corrected chi connectivity index (χ1v) is 6.56. The van der Waals surface area contributed by atoms with Crippen molar-refractivity contribution < 1.29 is 4.79 Å². The van der Waals surface area contributed by atoms with Crippen molar-refractivity contribution in [2.45, 2.75) is 20.3 Å². The van der Waals surface area contributed by atoms with Gasteiger partial charge in [-0.15, -0.1) is 0 Å². The Kier molecular flexibility index (Phi) is 3.92. The summed E-state index contributed by atoms with van der Waals surface area (Å²) in [5.41, 5.74) is 3.88. The van der Waals surface area contributed by atoms with Gasteiger partial charge in [0.25, 0.3) is 0 Å². The summed E-state index contributed by atoms with van der Waals surface area (Å²) < 4.78 is 1.07. The van der Waals surface area contributed by atoms with Crippen molar-refractivity contribution in [1.29, 1.82) is 0 Å². The maximum atomic E-state index is 12.2. The SMILES string of the molecule is Cc1cc(C(=O)Cc2cccnc2)cc(C)c1Br. The summed E-state index contributed by atoms with van der Waals surface area (Å²) in [5, 5.41) is 0. The van der Waals surface area contributed by atoms with E-state index in [2.05, 4.69) is 20.9 Å². The highest BCUT2D eigenvalue weighted by molar-refractivity contribution is 9.10. The molecular weight excluding hydrogens is 290 g/mol. The van der Waals surface area contributed by atoms with Crippen LogP contribution in [0.4, 0.5) is 0 Å². The molecule has 3 heteroatoms. The third-order valence-electron chi connectivity index (χ3n) is 2.85. The van der Waals surface area contributed by atoms with Crippen LogP contribution in [0.25, 0.3) is 0 Å². The molecule has 0 N–H and O–H groups in total. The summed E-state index contributed by atoms with van der Waals surface area (Å²) in [6.07, 6.45) is 3.84. The molecule has 0 atom stereocenters. The Bertz CT molecular complexity index is 555. The summed E-state index contributed by atoms with van der Waals surface area (Å²) in [5.74, 6) is 0.127. The highest BCUT2D eigenvalue weighted by Gasteiger charge is 2.10. The van der Waals surface area contributed by atoms with E-state index in [1.54, 1.807) is 12.4 Å². The lowest BCUT2D eigenvalue weighted by atomic mass is 10.0. The fourth-order valence-electron chi connectivity index (χ4n) is 1.90. The highest BCUT2D eigenvalue weighted by atomic mass is 79.9. The molecule has 0 amide bonds. The van der Waals surface area contributed by atoms with Crippen molar-refractivity contribution in [2.75, 3.05) is 0 Å². The van der Waals surface area contributed by atoms with Crippen molar-refractivity contribution in [1.82, 2.24) is 4.98 Å². The highest BCUT2D eigenvalue weighted by Crippen LogP contribution is 2.23. The number of ketones is 1. The zero-order chi connectivity index (χ0) is 13.1. The number of pyridine rings is 1. The third-order valence-corrected chi connectivity index (χ3v) is 4.10. The van der Waals surface area contributed by atoms with Gasteiger partial charge in [-0.2, -0.15) is 0 Å². The number of nitrogens with zero attached hydrogens (tertiary/aromatic N) is 1. The Morgan fingerprint density at radius 1 is 1.28 bits per heavy atom. The van der Waals surface area contributed by atoms with Gasteiger partial charge in [-0.25, -0.2) is 0 Å². The van der Waals surface area contributed by atoms with E-state index in [9.17, 15) is 4.79 Å². The summed E-state index contributed by atoms with van der Waals surface area (Å²) >= 11 is 3.51. The molecule has 0 aliphatic rings. The summed E-state index contributed by atoms with van der Waals surface area (Å²) in [6, 6.07) is 7.62. The molecule has 0 saturated carbocycles. The molecule has 1 aromatic heterocycles. The summed E-state index contributed by atoms with van der Waals surface area (Å²) in [6.45, 7) is 4.00. The van der Waals surface area contributed by atoms with Crippen LogP contribution in [0.1, 0.15) is 27.0 Å². The lowest BCUT2D eigenvalue weighted by Crippen LogP contribution is -2.05. The van der Waals surface area contributed by atoms with E-state index < -0.39 is 0 Å². The van der Waals surface area contributed by atoms with Gasteiger partial charge in [0.15, 0.2) is 5.78 Å². The van der Waals surface area contributed by atoms with E-state index in [0.29, 0.717) is 6.42 Å². The van der Waals surface area contributed by atoms with Gasteiger partial charge in [0.05, 0.1) is 0 Å². The predicted octanol–water partition coefficient (Wildman–Crippen LogP) is 3.89. The van der Waals surface area contributed by atoms with Crippen molar-refractivity contribution in [2.24, 2.45) is 0 Å². The van der Waals surface area contributed by atoms with Crippen molar-refractivity contribution in [3.8, 4) is 0 Å². The number of carbonyl (C=O) groups is 1. The van der Waals surface area contributed by atoms with Crippen LogP contribution >= 0.6 is 15.9 Å². The molecule has 0 bridgehead atoms. The first-order valence-electron chi connectivity index (χ1n) is 5.77. The third kappa shape index (κ3) is 2.85. The summed E-state index contributed by atoms with van der Waals surface area (Å²) in [4.78, 5) is 16.2. The van der Waals surface area contributed by atoms with Crippen molar-refractivity contribution >= 4 is 21.7 Å². The number of hydrogen-bond donors (Lipinski definition) is 0. The van der Waals surface area contributed by atoms with E-state index in [-0.39, 0.29) is 5.78 Å². The molecule has 18 heavy (non-hydrogen) atoms. The lowest BCUT2D eigenvalue weighted by molar-refractivity contribution is 0.0992. The van der Waals surface area contributed by atoms with Crippen LogP contribution in [0.5, 0.6) is 0 Å². The first kappa shape index (κ1) is 13.0. The number of hydrogen-bond acceptors (Lipinski definition) is 2. The Morgan fingerprint density at radius 2 is 1.94 bits per heavy atom. The standard InChI is InChI=1S/C15H14BrNO/c1-10-6-13(7-11(2)15(10)16)14(18)8-12-4-3-5-17-9-12/h3-7,9H,8H2,1-2H3. The van der Waals surface area contributed by atoms with Gasteiger partial charge >= 0.3 is 0 Å². The minimum Gasteiger partial charge on any atom is -0.294 e. The second-order valence-corrected chi connectivity index (χ2v) is 5.18. The largest absolute Gasteiger partial charge is 0.294 e. The van der Waals surface area contributed by atoms with Gasteiger partial charge in [-0.1, -0.05) is 22.0 Å². The average molecular weight is 304 g/mol. The maximum absolute atomic E-state index is 12.2. The normalized spacial score (nSPS) is 10.4. The number of benzene rings is 1. The quantitative estimate of drug-likeness (QED) is 0.805. The number of carbonyl (C=O) groups excluding carboxylic acids is 1. The van der Waals surface area contributed by atoms with Crippen LogP contribution < -0.4 is 0 Å². The van der Waals surface area contributed by atoms with Crippen LogP contribution in [0.3, 0.4) is 0 Å². The van der Waals surface area contributed by atoms with E-state index >= 15 is 0 Å². The van der Waals surface area contributed by atoms with Crippen LogP contribution in [-0.2, 0) is 6.42 Å². The van der Waals surface area contributed by atoms with Crippen LogP contribution in [0.15, 0.2) is 41.1 Å². The molecule has 0 saturated heterocycles. The second kappa shape index (κ2) is 5.44. The van der Waals surface area contributed by atoms with Crippen molar-refractivity contribution in [3.63, 3.8) is 0 Å². The molecule has 0 radical (unpaired) electrons. The fourth-order valence-corrected chi connectivity index (χ4v) is 2.13. The van der Waals surface area contributed by atoms with E-state index in [1.807, 2.05) is 38.1 Å². The first-order chi connectivity index (χ1) is 8.58. The lowest BCUT2D eigenvalue weighted by Gasteiger charge is -2.07. The smallest absolute Gasteiger partial charge is 0.167 e. The number of aryl methyl sites for hydroxylation is 2. The number of aromatic nitrogens is 1. The fraction of sp³-hybridized carbons (Fsp3) is 0.200. The Balaban J connectivity index is 2.25. The zero-order valence-corrected chi connectivity index (χ0v) is 12.0. The topological polar surface area (TPSA) is 30.0 Å². The monoisotopic (exact) mass is 303 g/mol. The molecule has 0 aliphatic carbocycles.